The first kappa shape index (κ1) is 12.0. The van der Waals surface area contributed by atoms with Crippen molar-refractivity contribution < 1.29 is 9.53 Å². The van der Waals surface area contributed by atoms with E-state index in [1.807, 2.05) is 0 Å². The standard InChI is InChI=1S/C14H22N2O2/c1-9(15-16-13(17)18-2)14-6-10-3-11(7-14)5-12(4-10)8-14/h10-12H,3-8H2,1-2H3,(H,16,17). The zero-order valence-corrected chi connectivity index (χ0v) is 11.2. The smallest absolute Gasteiger partial charge is 0.427 e. The van der Waals surface area contributed by atoms with Gasteiger partial charge < -0.3 is 4.74 Å². The zero-order valence-electron chi connectivity index (χ0n) is 11.2. The fraction of sp³-hybridized carbons (Fsp3) is 0.857. The number of nitrogens with one attached hydrogen (secondary N) is 1. The van der Waals surface area contributed by atoms with E-state index in [9.17, 15) is 4.79 Å². The molecule has 1 amide bonds. The molecule has 100 valence electrons. The minimum Gasteiger partial charge on any atom is -0.452 e. The van der Waals surface area contributed by atoms with Gasteiger partial charge in [0.05, 0.1) is 7.11 Å². The molecule has 0 aliphatic heterocycles. The number of ether oxygens (including phenoxy) is 1. The highest BCUT2D eigenvalue weighted by Crippen LogP contribution is 2.60. The summed E-state index contributed by atoms with van der Waals surface area (Å²) < 4.78 is 4.56. The number of amides is 1. The van der Waals surface area contributed by atoms with Gasteiger partial charge in [-0.1, -0.05) is 0 Å². The topological polar surface area (TPSA) is 50.7 Å². The minimum absolute atomic E-state index is 0.274. The number of hydrogen-bond donors (Lipinski definition) is 1. The third-order valence-corrected chi connectivity index (χ3v) is 5.31. The summed E-state index contributed by atoms with van der Waals surface area (Å²) in [4.78, 5) is 11.1. The number of rotatable bonds is 2. The molecule has 4 aliphatic carbocycles. The maximum absolute atomic E-state index is 11.1. The molecule has 0 aromatic heterocycles. The fourth-order valence-electron chi connectivity index (χ4n) is 4.85. The first-order chi connectivity index (χ1) is 8.61. The zero-order chi connectivity index (χ0) is 12.8. The van der Waals surface area contributed by atoms with Gasteiger partial charge in [-0.15, -0.1) is 0 Å². The van der Waals surface area contributed by atoms with E-state index in [1.54, 1.807) is 0 Å². The lowest BCUT2D eigenvalue weighted by Crippen LogP contribution is -2.49. The van der Waals surface area contributed by atoms with Gasteiger partial charge in [-0.05, 0) is 63.2 Å². The molecule has 4 saturated carbocycles. The van der Waals surface area contributed by atoms with Gasteiger partial charge in [0.25, 0.3) is 0 Å². The number of hydrogen-bond acceptors (Lipinski definition) is 3. The van der Waals surface area contributed by atoms with Crippen LogP contribution in [0.1, 0.15) is 45.4 Å². The Bertz CT molecular complexity index is 354. The van der Waals surface area contributed by atoms with Crippen molar-refractivity contribution in [1.82, 2.24) is 5.43 Å². The summed E-state index contributed by atoms with van der Waals surface area (Å²) in [6, 6.07) is 0. The summed E-state index contributed by atoms with van der Waals surface area (Å²) in [7, 11) is 1.37. The molecule has 0 saturated heterocycles. The van der Waals surface area contributed by atoms with Gasteiger partial charge in [0, 0.05) is 11.1 Å². The van der Waals surface area contributed by atoms with Crippen molar-refractivity contribution in [2.24, 2.45) is 28.3 Å². The van der Waals surface area contributed by atoms with E-state index in [2.05, 4.69) is 22.2 Å². The molecule has 0 radical (unpaired) electrons. The lowest BCUT2D eigenvalue weighted by molar-refractivity contribution is -0.0128. The maximum Gasteiger partial charge on any atom is 0.427 e. The lowest BCUT2D eigenvalue weighted by Gasteiger charge is -2.56. The molecule has 4 bridgehead atoms. The first-order valence-corrected chi connectivity index (χ1v) is 7.00. The number of carbonyl (C=O) groups excluding carboxylic acids is 1. The number of nitrogens with zero attached hydrogens (tertiary/aromatic N) is 1. The third-order valence-electron chi connectivity index (χ3n) is 5.31. The molecule has 0 unspecified atom stereocenters. The van der Waals surface area contributed by atoms with Crippen molar-refractivity contribution in [2.45, 2.75) is 45.4 Å². The molecule has 4 heteroatoms. The average molecular weight is 250 g/mol. The molecule has 4 aliphatic rings. The molecule has 0 spiro atoms. The van der Waals surface area contributed by atoms with Crippen LogP contribution >= 0.6 is 0 Å². The predicted molar refractivity (Wildman–Crippen MR) is 69.3 cm³/mol. The highest BCUT2D eigenvalue weighted by atomic mass is 16.5. The van der Waals surface area contributed by atoms with Gasteiger partial charge >= 0.3 is 6.09 Å². The lowest BCUT2D eigenvalue weighted by atomic mass is 9.48. The summed E-state index contributed by atoms with van der Waals surface area (Å²) in [5.41, 5.74) is 3.86. The van der Waals surface area contributed by atoms with Crippen molar-refractivity contribution in [2.75, 3.05) is 7.11 Å². The fourth-order valence-corrected chi connectivity index (χ4v) is 4.85. The van der Waals surface area contributed by atoms with Gasteiger partial charge in [-0.2, -0.15) is 5.10 Å². The Morgan fingerprint density at radius 3 is 2.11 bits per heavy atom. The Balaban J connectivity index is 1.76. The minimum atomic E-state index is -0.473. The molecule has 0 atom stereocenters. The van der Waals surface area contributed by atoms with Gasteiger partial charge in [0.2, 0.25) is 0 Å². The normalized spacial score (nSPS) is 41.9. The van der Waals surface area contributed by atoms with Crippen molar-refractivity contribution >= 4 is 11.8 Å². The second-order valence-electron chi connectivity index (χ2n) is 6.50. The molecule has 1 N–H and O–H groups in total. The van der Waals surface area contributed by atoms with Gasteiger partial charge in [0.15, 0.2) is 0 Å². The molecule has 18 heavy (non-hydrogen) atoms. The van der Waals surface area contributed by atoms with Crippen LogP contribution in [0.5, 0.6) is 0 Å². The van der Waals surface area contributed by atoms with Crippen LogP contribution in [0.4, 0.5) is 4.79 Å². The second-order valence-corrected chi connectivity index (χ2v) is 6.50. The highest BCUT2D eigenvalue weighted by molar-refractivity contribution is 5.89. The molecule has 4 rings (SSSR count). The van der Waals surface area contributed by atoms with Crippen LogP contribution in [0.2, 0.25) is 0 Å². The van der Waals surface area contributed by atoms with E-state index in [0.29, 0.717) is 0 Å². The van der Waals surface area contributed by atoms with Gasteiger partial charge in [-0.25, -0.2) is 10.2 Å². The largest absolute Gasteiger partial charge is 0.452 e. The Morgan fingerprint density at radius 1 is 1.17 bits per heavy atom. The molecule has 4 fully saturated rings. The van der Waals surface area contributed by atoms with Crippen molar-refractivity contribution in [3.63, 3.8) is 0 Å². The molecule has 0 heterocycles. The van der Waals surface area contributed by atoms with Crippen LogP contribution in [-0.2, 0) is 4.74 Å². The molecule has 0 aromatic rings. The Morgan fingerprint density at radius 2 is 1.67 bits per heavy atom. The molecular weight excluding hydrogens is 228 g/mol. The third kappa shape index (κ3) is 1.91. The Hall–Kier alpha value is -1.06. The van der Waals surface area contributed by atoms with Crippen LogP contribution in [0, 0.1) is 23.2 Å². The number of methoxy groups -OCH3 is 1. The molecular formula is C14H22N2O2. The van der Waals surface area contributed by atoms with Crippen LogP contribution in [0.25, 0.3) is 0 Å². The summed E-state index contributed by atoms with van der Waals surface area (Å²) in [6.45, 7) is 2.07. The van der Waals surface area contributed by atoms with E-state index >= 15 is 0 Å². The molecule has 0 aromatic carbocycles. The first-order valence-electron chi connectivity index (χ1n) is 7.00. The number of carbonyl (C=O) groups is 1. The van der Waals surface area contributed by atoms with Crippen LogP contribution in [0.3, 0.4) is 0 Å². The van der Waals surface area contributed by atoms with E-state index in [4.69, 9.17) is 0 Å². The van der Waals surface area contributed by atoms with Crippen molar-refractivity contribution in [1.29, 1.82) is 0 Å². The summed E-state index contributed by atoms with van der Waals surface area (Å²) in [6.07, 6.45) is 7.63. The molecule has 4 nitrogen and oxygen atoms in total. The van der Waals surface area contributed by atoms with E-state index in [0.717, 1.165) is 23.5 Å². The Kier molecular flexibility index (Phi) is 2.83. The van der Waals surface area contributed by atoms with E-state index < -0.39 is 6.09 Å². The average Bonchev–Trinajstić information content (AvgIpc) is 2.33. The monoisotopic (exact) mass is 250 g/mol. The van der Waals surface area contributed by atoms with E-state index in [-0.39, 0.29) is 5.41 Å². The van der Waals surface area contributed by atoms with Crippen LogP contribution in [-0.4, -0.2) is 18.9 Å². The van der Waals surface area contributed by atoms with Crippen LogP contribution < -0.4 is 5.43 Å². The number of hydrazone groups is 1. The predicted octanol–water partition coefficient (Wildman–Crippen LogP) is 2.93. The Labute approximate surface area is 108 Å². The highest BCUT2D eigenvalue weighted by Gasteiger charge is 2.52. The summed E-state index contributed by atoms with van der Waals surface area (Å²) in [5.74, 6) is 2.71. The SMILES string of the molecule is COC(=O)NN=C(C)C12CC3CC(CC(C3)C1)C2. The summed E-state index contributed by atoms with van der Waals surface area (Å²) in [5, 5.41) is 4.28. The van der Waals surface area contributed by atoms with E-state index in [1.165, 1.54) is 45.6 Å². The van der Waals surface area contributed by atoms with Crippen LogP contribution in [0.15, 0.2) is 5.10 Å². The second kappa shape index (κ2) is 4.25. The van der Waals surface area contributed by atoms with Gasteiger partial charge in [0.1, 0.15) is 0 Å². The quantitative estimate of drug-likeness (QED) is 0.605. The van der Waals surface area contributed by atoms with Crippen molar-refractivity contribution in [3.05, 3.63) is 0 Å². The maximum atomic E-state index is 11.1. The van der Waals surface area contributed by atoms with Gasteiger partial charge in [-0.3, -0.25) is 0 Å². The summed E-state index contributed by atoms with van der Waals surface area (Å²) >= 11 is 0. The van der Waals surface area contributed by atoms with Crippen molar-refractivity contribution in [3.8, 4) is 0 Å².